The molecule has 0 amide bonds. The van der Waals surface area contributed by atoms with Gasteiger partial charge >= 0.3 is 0 Å². The SMILES string of the molecule is CCNC(=NCc1sccc1C)NCC1(O)CCCC1.I. The first-order valence-corrected chi connectivity index (χ1v) is 8.28. The van der Waals surface area contributed by atoms with Gasteiger partial charge in [0, 0.05) is 18.0 Å². The molecule has 0 bridgehead atoms. The molecule has 0 saturated heterocycles. The molecule has 120 valence electrons. The fourth-order valence-electron chi connectivity index (χ4n) is 2.52. The number of nitrogens with one attached hydrogen (secondary N) is 2. The second-order valence-electron chi connectivity index (χ2n) is 5.51. The van der Waals surface area contributed by atoms with Crippen LogP contribution in [0.4, 0.5) is 0 Å². The highest BCUT2D eigenvalue weighted by molar-refractivity contribution is 14.0. The molecule has 21 heavy (non-hydrogen) atoms. The molecule has 1 heterocycles. The van der Waals surface area contributed by atoms with Crippen molar-refractivity contribution in [3.8, 4) is 0 Å². The maximum atomic E-state index is 10.4. The van der Waals surface area contributed by atoms with Crippen molar-refractivity contribution in [3.63, 3.8) is 0 Å². The molecule has 0 aromatic carbocycles. The molecule has 1 aromatic rings. The van der Waals surface area contributed by atoms with Crippen molar-refractivity contribution >= 4 is 41.3 Å². The second kappa shape index (κ2) is 8.95. The standard InChI is InChI=1S/C15H25N3OS.HI/c1-3-16-14(17-10-13-12(2)6-9-20-13)18-11-15(19)7-4-5-8-15;/h6,9,19H,3-5,7-8,10-11H2,1-2H3,(H2,16,17,18);1H. The minimum atomic E-state index is -0.547. The molecule has 2 rings (SSSR count). The topological polar surface area (TPSA) is 56.7 Å². The summed E-state index contributed by atoms with van der Waals surface area (Å²) >= 11 is 1.74. The summed E-state index contributed by atoms with van der Waals surface area (Å²) in [6, 6.07) is 2.12. The highest BCUT2D eigenvalue weighted by Crippen LogP contribution is 2.28. The van der Waals surface area contributed by atoms with Gasteiger partial charge in [-0.2, -0.15) is 0 Å². The largest absolute Gasteiger partial charge is 0.388 e. The average molecular weight is 423 g/mol. The number of aliphatic imine (C=N–C) groups is 1. The number of rotatable bonds is 5. The van der Waals surface area contributed by atoms with Crippen LogP contribution in [0.1, 0.15) is 43.0 Å². The van der Waals surface area contributed by atoms with E-state index in [2.05, 4.69) is 40.9 Å². The number of nitrogens with zero attached hydrogens (tertiary/aromatic N) is 1. The Morgan fingerprint density at radius 1 is 1.38 bits per heavy atom. The van der Waals surface area contributed by atoms with Crippen molar-refractivity contribution in [3.05, 3.63) is 21.9 Å². The van der Waals surface area contributed by atoms with Crippen LogP contribution in [0.3, 0.4) is 0 Å². The Hall–Kier alpha value is -0.340. The summed E-state index contributed by atoms with van der Waals surface area (Å²) in [6.45, 7) is 6.27. The highest BCUT2D eigenvalue weighted by Gasteiger charge is 2.30. The van der Waals surface area contributed by atoms with Crippen LogP contribution in [0.15, 0.2) is 16.4 Å². The van der Waals surface area contributed by atoms with Gasteiger partial charge in [0.1, 0.15) is 0 Å². The van der Waals surface area contributed by atoms with E-state index in [4.69, 9.17) is 0 Å². The van der Waals surface area contributed by atoms with Crippen molar-refractivity contribution in [2.45, 2.75) is 51.7 Å². The Bertz CT molecular complexity index is 456. The molecule has 1 aliphatic rings. The van der Waals surface area contributed by atoms with E-state index in [9.17, 15) is 5.11 Å². The first-order valence-electron chi connectivity index (χ1n) is 7.40. The van der Waals surface area contributed by atoms with E-state index in [-0.39, 0.29) is 24.0 Å². The molecule has 0 spiro atoms. The molecule has 0 unspecified atom stereocenters. The Balaban J connectivity index is 0.00000220. The van der Waals surface area contributed by atoms with Gasteiger partial charge in [-0.25, -0.2) is 4.99 Å². The fraction of sp³-hybridized carbons (Fsp3) is 0.667. The molecule has 0 aliphatic heterocycles. The van der Waals surface area contributed by atoms with Crippen molar-refractivity contribution < 1.29 is 5.11 Å². The van der Waals surface area contributed by atoms with Crippen LogP contribution < -0.4 is 10.6 Å². The van der Waals surface area contributed by atoms with E-state index in [0.717, 1.165) is 38.2 Å². The van der Waals surface area contributed by atoms with Crippen LogP contribution in [-0.2, 0) is 6.54 Å². The van der Waals surface area contributed by atoms with Gasteiger partial charge in [-0.05, 0) is 43.7 Å². The molecule has 1 saturated carbocycles. The molecule has 0 atom stereocenters. The summed E-state index contributed by atoms with van der Waals surface area (Å²) in [5.74, 6) is 0.792. The average Bonchev–Trinajstić information content (AvgIpc) is 3.03. The maximum Gasteiger partial charge on any atom is 0.191 e. The lowest BCUT2D eigenvalue weighted by molar-refractivity contribution is 0.0522. The monoisotopic (exact) mass is 423 g/mol. The molecule has 1 aliphatic carbocycles. The Morgan fingerprint density at radius 3 is 2.67 bits per heavy atom. The van der Waals surface area contributed by atoms with Crippen molar-refractivity contribution in [2.75, 3.05) is 13.1 Å². The minimum absolute atomic E-state index is 0. The summed E-state index contributed by atoms with van der Waals surface area (Å²) in [5, 5.41) is 19.0. The third kappa shape index (κ3) is 5.75. The van der Waals surface area contributed by atoms with Gasteiger partial charge in [0.25, 0.3) is 0 Å². The van der Waals surface area contributed by atoms with Crippen molar-refractivity contribution in [1.82, 2.24) is 10.6 Å². The van der Waals surface area contributed by atoms with E-state index in [0.29, 0.717) is 13.1 Å². The number of halogens is 1. The van der Waals surface area contributed by atoms with Gasteiger partial charge in [-0.3, -0.25) is 0 Å². The summed E-state index contributed by atoms with van der Waals surface area (Å²) in [5.41, 5.74) is 0.749. The molecule has 6 heteroatoms. The first-order chi connectivity index (χ1) is 9.63. The number of guanidine groups is 1. The van der Waals surface area contributed by atoms with E-state index in [1.54, 1.807) is 11.3 Å². The molecule has 1 aromatic heterocycles. The summed E-state index contributed by atoms with van der Waals surface area (Å²) in [7, 11) is 0. The molecule has 4 nitrogen and oxygen atoms in total. The lowest BCUT2D eigenvalue weighted by atomic mass is 10.0. The molecule has 1 fully saturated rings. The number of hydrogen-bond donors (Lipinski definition) is 3. The number of aryl methyl sites for hydroxylation is 1. The van der Waals surface area contributed by atoms with Crippen LogP contribution in [0.2, 0.25) is 0 Å². The Kier molecular flexibility index (Phi) is 7.97. The van der Waals surface area contributed by atoms with Crippen molar-refractivity contribution in [1.29, 1.82) is 0 Å². The zero-order chi connectivity index (χ0) is 14.4. The predicted molar refractivity (Wildman–Crippen MR) is 101 cm³/mol. The van der Waals surface area contributed by atoms with Gasteiger partial charge in [-0.15, -0.1) is 35.3 Å². The fourth-order valence-corrected chi connectivity index (χ4v) is 3.35. The van der Waals surface area contributed by atoms with E-state index in [1.807, 2.05) is 0 Å². The van der Waals surface area contributed by atoms with Crippen LogP contribution >= 0.6 is 35.3 Å². The zero-order valence-electron chi connectivity index (χ0n) is 12.8. The van der Waals surface area contributed by atoms with Crippen molar-refractivity contribution in [2.24, 2.45) is 4.99 Å². The van der Waals surface area contributed by atoms with Crippen LogP contribution in [0, 0.1) is 6.92 Å². The highest BCUT2D eigenvalue weighted by atomic mass is 127. The summed E-state index contributed by atoms with van der Waals surface area (Å²) in [4.78, 5) is 5.90. The Labute approximate surface area is 148 Å². The normalized spacial score (nSPS) is 17.4. The Morgan fingerprint density at radius 2 is 2.10 bits per heavy atom. The first kappa shape index (κ1) is 18.7. The lowest BCUT2D eigenvalue weighted by Gasteiger charge is -2.23. The zero-order valence-corrected chi connectivity index (χ0v) is 16.0. The van der Waals surface area contributed by atoms with Gasteiger partial charge in [0.05, 0.1) is 12.1 Å². The number of thiophene rings is 1. The quantitative estimate of drug-likeness (QED) is 0.388. The summed E-state index contributed by atoms with van der Waals surface area (Å²) < 4.78 is 0. The molecule has 0 radical (unpaired) electrons. The van der Waals surface area contributed by atoms with Gasteiger partial charge in [-0.1, -0.05) is 12.8 Å². The van der Waals surface area contributed by atoms with Gasteiger partial charge < -0.3 is 15.7 Å². The molecule has 3 N–H and O–H groups in total. The smallest absolute Gasteiger partial charge is 0.191 e. The third-order valence-corrected chi connectivity index (χ3v) is 4.82. The lowest BCUT2D eigenvalue weighted by Crippen LogP contribution is -2.46. The molecular formula is C15H26IN3OS. The van der Waals surface area contributed by atoms with Gasteiger partial charge in [0.15, 0.2) is 5.96 Å². The third-order valence-electron chi connectivity index (χ3n) is 3.81. The number of aliphatic hydroxyl groups is 1. The molecular weight excluding hydrogens is 397 g/mol. The van der Waals surface area contributed by atoms with E-state index in [1.165, 1.54) is 10.4 Å². The van der Waals surface area contributed by atoms with Crippen LogP contribution in [0.25, 0.3) is 0 Å². The second-order valence-corrected chi connectivity index (χ2v) is 6.51. The predicted octanol–water partition coefficient (Wildman–Crippen LogP) is 3.03. The van der Waals surface area contributed by atoms with E-state index >= 15 is 0 Å². The minimum Gasteiger partial charge on any atom is -0.388 e. The van der Waals surface area contributed by atoms with Crippen LogP contribution in [0.5, 0.6) is 0 Å². The van der Waals surface area contributed by atoms with Gasteiger partial charge in [0.2, 0.25) is 0 Å². The van der Waals surface area contributed by atoms with E-state index < -0.39 is 5.60 Å². The van der Waals surface area contributed by atoms with Crippen LogP contribution in [-0.4, -0.2) is 29.8 Å². The maximum absolute atomic E-state index is 10.4. The number of hydrogen-bond acceptors (Lipinski definition) is 3. The summed E-state index contributed by atoms with van der Waals surface area (Å²) in [6.07, 6.45) is 4.04.